The molecule has 1 fully saturated rings. The van der Waals surface area contributed by atoms with Crippen molar-refractivity contribution in [3.8, 4) is 0 Å². The van der Waals surface area contributed by atoms with E-state index in [4.69, 9.17) is 15.9 Å². The van der Waals surface area contributed by atoms with Gasteiger partial charge in [-0.3, -0.25) is 4.79 Å². The smallest absolute Gasteiger partial charge is 0.228 e. The Balaban J connectivity index is 2.55. The minimum atomic E-state index is -0.943. The van der Waals surface area contributed by atoms with Gasteiger partial charge < -0.3 is 21.3 Å². The molecule has 5 nitrogen and oxygen atoms in total. The van der Waals surface area contributed by atoms with Crippen LogP contribution in [0.5, 0.6) is 0 Å². The summed E-state index contributed by atoms with van der Waals surface area (Å²) in [5, 5.41) is 20.6. The number of rotatable bonds is 5. The van der Waals surface area contributed by atoms with Crippen LogP contribution < -0.4 is 11.1 Å². The standard InChI is InChI=1S/C9H18N2O3/c1-8(5-12,6-13)11-7(14)9(4-10)2-3-9/h12-13H,2-6,10H2,1H3,(H,11,14). The maximum absolute atomic E-state index is 11.7. The molecule has 0 radical (unpaired) electrons. The second-order valence-corrected chi connectivity index (χ2v) is 4.32. The Kier molecular flexibility index (Phi) is 3.14. The highest BCUT2D eigenvalue weighted by Crippen LogP contribution is 2.44. The van der Waals surface area contributed by atoms with Crippen molar-refractivity contribution in [2.75, 3.05) is 19.8 Å². The highest BCUT2D eigenvalue weighted by atomic mass is 16.3. The van der Waals surface area contributed by atoms with Crippen LogP contribution in [0.3, 0.4) is 0 Å². The van der Waals surface area contributed by atoms with Gasteiger partial charge in [-0.15, -0.1) is 0 Å². The zero-order valence-electron chi connectivity index (χ0n) is 8.42. The van der Waals surface area contributed by atoms with Crippen LogP contribution in [-0.2, 0) is 4.79 Å². The molecule has 5 N–H and O–H groups in total. The van der Waals surface area contributed by atoms with E-state index in [-0.39, 0.29) is 19.1 Å². The van der Waals surface area contributed by atoms with Gasteiger partial charge in [-0.2, -0.15) is 0 Å². The Morgan fingerprint density at radius 2 is 2.00 bits per heavy atom. The first kappa shape index (κ1) is 11.4. The molecular formula is C9H18N2O3. The first-order valence-electron chi connectivity index (χ1n) is 4.76. The lowest BCUT2D eigenvalue weighted by molar-refractivity contribution is -0.129. The molecule has 1 aliphatic carbocycles. The molecule has 0 aliphatic heterocycles. The van der Waals surface area contributed by atoms with Crippen LogP contribution in [0.1, 0.15) is 19.8 Å². The number of hydrogen-bond acceptors (Lipinski definition) is 4. The van der Waals surface area contributed by atoms with E-state index in [2.05, 4.69) is 5.32 Å². The van der Waals surface area contributed by atoms with E-state index in [1.54, 1.807) is 6.92 Å². The summed E-state index contributed by atoms with van der Waals surface area (Å²) in [6, 6.07) is 0. The molecule has 82 valence electrons. The topological polar surface area (TPSA) is 95.6 Å². The lowest BCUT2D eigenvalue weighted by atomic mass is 10.0. The molecule has 0 aromatic heterocycles. The number of aliphatic hydroxyl groups is 2. The Labute approximate surface area is 83.3 Å². The van der Waals surface area contributed by atoms with Gasteiger partial charge in [0, 0.05) is 6.54 Å². The Bertz CT molecular complexity index is 222. The molecular weight excluding hydrogens is 184 g/mol. The maximum atomic E-state index is 11.7. The molecule has 0 aromatic rings. The molecule has 0 atom stereocenters. The van der Waals surface area contributed by atoms with Crippen molar-refractivity contribution < 1.29 is 15.0 Å². The van der Waals surface area contributed by atoms with E-state index in [0.29, 0.717) is 6.54 Å². The van der Waals surface area contributed by atoms with E-state index in [1.807, 2.05) is 0 Å². The molecule has 5 heteroatoms. The molecule has 0 saturated heterocycles. The van der Waals surface area contributed by atoms with E-state index in [0.717, 1.165) is 12.8 Å². The van der Waals surface area contributed by atoms with Crippen LogP contribution in [0.15, 0.2) is 0 Å². The zero-order valence-corrected chi connectivity index (χ0v) is 8.42. The number of nitrogens with two attached hydrogens (primary N) is 1. The van der Waals surface area contributed by atoms with Crippen LogP contribution in [0.4, 0.5) is 0 Å². The molecule has 0 unspecified atom stereocenters. The van der Waals surface area contributed by atoms with Gasteiger partial charge in [0.15, 0.2) is 0 Å². The number of hydrogen-bond donors (Lipinski definition) is 4. The maximum Gasteiger partial charge on any atom is 0.228 e. The minimum Gasteiger partial charge on any atom is -0.394 e. The Hall–Kier alpha value is -0.650. The van der Waals surface area contributed by atoms with Gasteiger partial charge in [0.05, 0.1) is 24.2 Å². The summed E-state index contributed by atoms with van der Waals surface area (Å²) in [6.45, 7) is 1.36. The Morgan fingerprint density at radius 1 is 1.50 bits per heavy atom. The first-order chi connectivity index (χ1) is 6.52. The van der Waals surface area contributed by atoms with E-state index in [1.165, 1.54) is 0 Å². The van der Waals surface area contributed by atoms with Crippen LogP contribution in [-0.4, -0.2) is 41.4 Å². The van der Waals surface area contributed by atoms with Gasteiger partial charge in [0.1, 0.15) is 0 Å². The molecule has 0 heterocycles. The summed E-state index contributed by atoms with van der Waals surface area (Å²) in [7, 11) is 0. The van der Waals surface area contributed by atoms with Crippen molar-refractivity contribution in [2.45, 2.75) is 25.3 Å². The Morgan fingerprint density at radius 3 is 2.29 bits per heavy atom. The summed E-state index contributed by atoms with van der Waals surface area (Å²) in [5.74, 6) is -0.161. The quantitative estimate of drug-likeness (QED) is 0.440. The van der Waals surface area contributed by atoms with Gasteiger partial charge in [-0.25, -0.2) is 0 Å². The normalized spacial score (nSPS) is 19.1. The van der Waals surface area contributed by atoms with Crippen molar-refractivity contribution in [1.82, 2.24) is 5.32 Å². The van der Waals surface area contributed by atoms with E-state index in [9.17, 15) is 4.79 Å². The predicted octanol–water partition coefficient (Wildman–Crippen LogP) is -1.42. The van der Waals surface area contributed by atoms with Crippen molar-refractivity contribution >= 4 is 5.91 Å². The molecule has 1 amide bonds. The molecule has 0 bridgehead atoms. The van der Waals surface area contributed by atoms with Crippen molar-refractivity contribution in [2.24, 2.45) is 11.1 Å². The van der Waals surface area contributed by atoms with Gasteiger partial charge in [0.25, 0.3) is 0 Å². The largest absolute Gasteiger partial charge is 0.394 e. The fourth-order valence-electron chi connectivity index (χ4n) is 1.21. The van der Waals surface area contributed by atoms with E-state index < -0.39 is 11.0 Å². The molecule has 1 rings (SSSR count). The molecule has 0 spiro atoms. The van der Waals surface area contributed by atoms with Gasteiger partial charge >= 0.3 is 0 Å². The predicted molar refractivity (Wildman–Crippen MR) is 51.4 cm³/mol. The monoisotopic (exact) mass is 202 g/mol. The third-order valence-electron chi connectivity index (χ3n) is 2.84. The van der Waals surface area contributed by atoms with Crippen LogP contribution in [0.25, 0.3) is 0 Å². The summed E-state index contributed by atoms with van der Waals surface area (Å²) in [6.07, 6.45) is 1.59. The van der Waals surface area contributed by atoms with Gasteiger partial charge in [0.2, 0.25) is 5.91 Å². The number of nitrogens with one attached hydrogen (secondary N) is 1. The van der Waals surface area contributed by atoms with Crippen LogP contribution in [0.2, 0.25) is 0 Å². The first-order valence-corrected chi connectivity index (χ1v) is 4.76. The van der Waals surface area contributed by atoms with Crippen molar-refractivity contribution in [1.29, 1.82) is 0 Å². The average molecular weight is 202 g/mol. The summed E-state index contributed by atoms with van der Waals surface area (Å²) in [4.78, 5) is 11.7. The van der Waals surface area contributed by atoms with E-state index >= 15 is 0 Å². The lowest BCUT2D eigenvalue weighted by Gasteiger charge is -2.28. The second kappa shape index (κ2) is 3.84. The lowest BCUT2D eigenvalue weighted by Crippen LogP contribution is -2.54. The zero-order chi connectivity index (χ0) is 10.8. The van der Waals surface area contributed by atoms with Crippen molar-refractivity contribution in [3.05, 3.63) is 0 Å². The summed E-state index contributed by atoms with van der Waals surface area (Å²) >= 11 is 0. The van der Waals surface area contributed by atoms with Crippen LogP contribution >= 0.6 is 0 Å². The number of aliphatic hydroxyl groups excluding tert-OH is 2. The fraction of sp³-hybridized carbons (Fsp3) is 0.889. The summed E-state index contributed by atoms with van der Waals surface area (Å²) in [5.41, 5.74) is 4.10. The van der Waals surface area contributed by atoms with Gasteiger partial charge in [-0.1, -0.05) is 0 Å². The SMILES string of the molecule is CC(CO)(CO)NC(=O)C1(CN)CC1. The molecule has 1 saturated carbocycles. The van der Waals surface area contributed by atoms with Gasteiger partial charge in [-0.05, 0) is 19.8 Å². The second-order valence-electron chi connectivity index (χ2n) is 4.32. The highest BCUT2D eigenvalue weighted by molar-refractivity contribution is 5.86. The number of carbonyl (C=O) groups excluding carboxylic acids is 1. The van der Waals surface area contributed by atoms with Crippen molar-refractivity contribution in [3.63, 3.8) is 0 Å². The molecule has 1 aliphatic rings. The average Bonchev–Trinajstić information content (AvgIpc) is 2.98. The highest BCUT2D eigenvalue weighted by Gasteiger charge is 2.49. The third kappa shape index (κ3) is 2.05. The van der Waals surface area contributed by atoms with Crippen LogP contribution in [0, 0.1) is 5.41 Å². The third-order valence-corrected chi connectivity index (χ3v) is 2.84. The number of carbonyl (C=O) groups is 1. The summed E-state index contributed by atoms with van der Waals surface area (Å²) < 4.78 is 0. The number of amides is 1. The fourth-order valence-corrected chi connectivity index (χ4v) is 1.21. The molecule has 14 heavy (non-hydrogen) atoms. The minimum absolute atomic E-state index is 0.161. The molecule has 0 aromatic carbocycles.